The molecule has 57 heavy (non-hydrogen) atoms. The number of benzene rings is 10. The number of rotatable bonds is 6. The quantitative estimate of drug-likeness (QED) is 0.156. The summed E-state index contributed by atoms with van der Waals surface area (Å²) in [5.41, 5.74) is 13.8. The van der Waals surface area contributed by atoms with Gasteiger partial charge in [0.1, 0.15) is 11.3 Å². The van der Waals surface area contributed by atoms with Crippen molar-refractivity contribution < 1.29 is 4.42 Å². The Labute approximate surface area is 331 Å². The van der Waals surface area contributed by atoms with Crippen LogP contribution >= 0.6 is 0 Å². The minimum Gasteiger partial charge on any atom is -0.455 e. The normalized spacial score (nSPS) is 11.5. The maximum absolute atomic E-state index is 6.77. The summed E-state index contributed by atoms with van der Waals surface area (Å²) in [6.45, 7) is 0. The maximum Gasteiger partial charge on any atom is 0.143 e. The van der Waals surface area contributed by atoms with Gasteiger partial charge < -0.3 is 4.42 Å². The van der Waals surface area contributed by atoms with E-state index in [4.69, 9.17) is 4.42 Å². The molecule has 0 amide bonds. The van der Waals surface area contributed by atoms with Crippen molar-refractivity contribution in [2.24, 2.45) is 0 Å². The molecule has 1 aromatic heterocycles. The molecule has 11 rings (SSSR count). The molecule has 1 nitrogen and oxygen atoms in total. The first-order chi connectivity index (χ1) is 28.3. The van der Waals surface area contributed by atoms with E-state index in [1.54, 1.807) is 0 Å². The van der Waals surface area contributed by atoms with Crippen molar-refractivity contribution in [1.82, 2.24) is 0 Å². The predicted molar refractivity (Wildman–Crippen MR) is 241 cm³/mol. The molecular weight excluding hydrogens is 689 g/mol. The molecule has 11 aromatic rings. The third-order valence-corrected chi connectivity index (χ3v) is 11.4. The topological polar surface area (TPSA) is 13.1 Å². The van der Waals surface area contributed by atoms with Crippen molar-refractivity contribution in [3.05, 3.63) is 218 Å². The van der Waals surface area contributed by atoms with Gasteiger partial charge in [-0.25, -0.2) is 0 Å². The zero-order valence-electron chi connectivity index (χ0n) is 31.2. The number of furan rings is 1. The van der Waals surface area contributed by atoms with E-state index < -0.39 is 0 Å². The van der Waals surface area contributed by atoms with Crippen molar-refractivity contribution in [1.29, 1.82) is 0 Å². The van der Waals surface area contributed by atoms with Crippen molar-refractivity contribution >= 4 is 43.3 Å². The van der Waals surface area contributed by atoms with Crippen LogP contribution in [0.5, 0.6) is 0 Å². The van der Waals surface area contributed by atoms with Crippen LogP contribution in [0.15, 0.2) is 223 Å². The highest BCUT2D eigenvalue weighted by Crippen LogP contribution is 2.47. The molecule has 0 spiro atoms. The highest BCUT2D eigenvalue weighted by Gasteiger charge is 2.20. The summed E-state index contributed by atoms with van der Waals surface area (Å²) in [5.74, 6) is 0.890. The fourth-order valence-corrected chi connectivity index (χ4v) is 8.77. The molecular formula is C56H36O. The number of hydrogen-bond donors (Lipinski definition) is 0. The van der Waals surface area contributed by atoms with Crippen LogP contribution in [0.4, 0.5) is 0 Å². The average Bonchev–Trinajstić information content (AvgIpc) is 3.68. The van der Waals surface area contributed by atoms with Crippen LogP contribution < -0.4 is 0 Å². The second-order valence-electron chi connectivity index (χ2n) is 14.8. The Bertz CT molecular complexity index is 3270. The molecule has 0 saturated carbocycles. The Kier molecular flexibility index (Phi) is 7.89. The lowest BCUT2D eigenvalue weighted by molar-refractivity contribution is 0.632. The van der Waals surface area contributed by atoms with E-state index in [0.717, 1.165) is 44.5 Å². The second-order valence-corrected chi connectivity index (χ2v) is 14.8. The molecule has 1 heterocycles. The summed E-state index contributed by atoms with van der Waals surface area (Å²) < 4.78 is 6.77. The molecule has 266 valence electrons. The van der Waals surface area contributed by atoms with Crippen LogP contribution in [0, 0.1) is 0 Å². The number of hydrogen-bond acceptors (Lipinski definition) is 1. The van der Waals surface area contributed by atoms with Crippen LogP contribution in [-0.2, 0) is 0 Å². The molecule has 0 fully saturated rings. The van der Waals surface area contributed by atoms with Gasteiger partial charge in [0.2, 0.25) is 0 Å². The summed E-state index contributed by atoms with van der Waals surface area (Å²) in [6, 6.07) is 78.9. The molecule has 0 bridgehead atoms. The van der Waals surface area contributed by atoms with Gasteiger partial charge in [0.25, 0.3) is 0 Å². The second kappa shape index (κ2) is 13.7. The van der Waals surface area contributed by atoms with E-state index in [2.05, 4.69) is 212 Å². The van der Waals surface area contributed by atoms with Gasteiger partial charge in [-0.15, -0.1) is 0 Å². The smallest absolute Gasteiger partial charge is 0.143 e. The standard InChI is InChI=1S/C56H36O/c1-4-15-37(16-5-1)43-29-31-49-51(35-43)54(48-26-13-12-25-47(48)53(49)46-28-27-38-17-10-11-22-41(38)33-46)45-24-14-23-42(34-45)44-30-32-50-52(36-44)57-56(40-20-8-3-9-21-40)55(50)39-18-6-2-7-19-39/h1-36H. The largest absolute Gasteiger partial charge is 0.455 e. The van der Waals surface area contributed by atoms with Gasteiger partial charge in [-0.1, -0.05) is 188 Å². The lowest BCUT2D eigenvalue weighted by Crippen LogP contribution is -1.92. The van der Waals surface area contributed by atoms with Gasteiger partial charge in [0.05, 0.1) is 0 Å². The molecule has 0 aliphatic carbocycles. The van der Waals surface area contributed by atoms with Gasteiger partial charge in [-0.3, -0.25) is 0 Å². The zero-order chi connectivity index (χ0) is 37.7. The van der Waals surface area contributed by atoms with E-state index in [0.29, 0.717) is 0 Å². The maximum atomic E-state index is 6.77. The summed E-state index contributed by atoms with van der Waals surface area (Å²) in [7, 11) is 0. The Morgan fingerprint density at radius 1 is 0.228 bits per heavy atom. The molecule has 0 aliphatic heterocycles. The van der Waals surface area contributed by atoms with E-state index in [1.165, 1.54) is 65.7 Å². The predicted octanol–water partition coefficient (Wildman–Crippen LogP) is 15.9. The molecule has 0 radical (unpaired) electrons. The lowest BCUT2D eigenvalue weighted by atomic mass is 9.84. The SMILES string of the molecule is c1ccc(-c2ccc3c(-c4ccc5ccccc5c4)c4ccccc4c(-c4cccc(-c5ccc6c(-c7ccccc7)c(-c7ccccc7)oc6c5)c4)c3c2)cc1. The number of fused-ring (bicyclic) bond motifs is 4. The molecule has 0 unspecified atom stereocenters. The van der Waals surface area contributed by atoms with Crippen molar-refractivity contribution in [3.8, 4) is 67.0 Å². The average molecular weight is 725 g/mol. The summed E-state index contributed by atoms with van der Waals surface area (Å²) in [6.07, 6.45) is 0. The minimum atomic E-state index is 0.874. The molecule has 0 aliphatic rings. The summed E-state index contributed by atoms with van der Waals surface area (Å²) in [5, 5.41) is 8.54. The highest BCUT2D eigenvalue weighted by atomic mass is 16.3. The lowest BCUT2D eigenvalue weighted by Gasteiger charge is -2.19. The van der Waals surface area contributed by atoms with E-state index in [1.807, 2.05) is 6.07 Å². The van der Waals surface area contributed by atoms with Crippen LogP contribution in [-0.4, -0.2) is 0 Å². The van der Waals surface area contributed by atoms with Crippen LogP contribution in [0.1, 0.15) is 0 Å². The van der Waals surface area contributed by atoms with Crippen molar-refractivity contribution in [2.75, 3.05) is 0 Å². The molecule has 0 atom stereocenters. The van der Waals surface area contributed by atoms with Crippen molar-refractivity contribution in [2.45, 2.75) is 0 Å². The van der Waals surface area contributed by atoms with Gasteiger partial charge >= 0.3 is 0 Å². The Hall–Kier alpha value is -7.48. The third-order valence-electron chi connectivity index (χ3n) is 11.4. The van der Waals surface area contributed by atoms with Gasteiger partial charge in [-0.2, -0.15) is 0 Å². The fraction of sp³-hybridized carbons (Fsp3) is 0. The molecule has 1 heteroatoms. The van der Waals surface area contributed by atoms with Crippen LogP contribution in [0.25, 0.3) is 110 Å². The molecule has 0 N–H and O–H groups in total. The van der Waals surface area contributed by atoms with Crippen LogP contribution in [0.2, 0.25) is 0 Å². The Morgan fingerprint density at radius 2 is 0.719 bits per heavy atom. The minimum absolute atomic E-state index is 0.874. The van der Waals surface area contributed by atoms with Crippen LogP contribution in [0.3, 0.4) is 0 Å². The van der Waals surface area contributed by atoms with Gasteiger partial charge in [-0.05, 0) is 113 Å². The van der Waals surface area contributed by atoms with Gasteiger partial charge in [0, 0.05) is 16.5 Å². The van der Waals surface area contributed by atoms with E-state index in [9.17, 15) is 0 Å². The third kappa shape index (κ3) is 5.72. The molecule has 10 aromatic carbocycles. The summed E-state index contributed by atoms with van der Waals surface area (Å²) >= 11 is 0. The zero-order valence-corrected chi connectivity index (χ0v) is 31.2. The highest BCUT2D eigenvalue weighted by molar-refractivity contribution is 6.22. The monoisotopic (exact) mass is 724 g/mol. The Balaban J connectivity index is 1.13. The first-order valence-corrected chi connectivity index (χ1v) is 19.6. The van der Waals surface area contributed by atoms with E-state index in [-0.39, 0.29) is 0 Å². The first-order valence-electron chi connectivity index (χ1n) is 19.6. The van der Waals surface area contributed by atoms with Crippen molar-refractivity contribution in [3.63, 3.8) is 0 Å². The summed E-state index contributed by atoms with van der Waals surface area (Å²) in [4.78, 5) is 0. The Morgan fingerprint density at radius 3 is 1.46 bits per heavy atom. The first kappa shape index (κ1) is 32.9. The molecule has 0 saturated heterocycles. The fourth-order valence-electron chi connectivity index (χ4n) is 8.77. The van der Waals surface area contributed by atoms with E-state index >= 15 is 0 Å². The van der Waals surface area contributed by atoms with Gasteiger partial charge in [0.15, 0.2) is 0 Å².